The second-order valence-corrected chi connectivity index (χ2v) is 4.87. The molecule has 1 atom stereocenters. The summed E-state index contributed by atoms with van der Waals surface area (Å²) >= 11 is 3.47. The third kappa shape index (κ3) is 3.16. The van der Waals surface area contributed by atoms with Gasteiger partial charge in [0, 0.05) is 16.5 Å². The van der Waals surface area contributed by atoms with Crippen LogP contribution in [0.2, 0.25) is 0 Å². The number of benzene rings is 1. The van der Waals surface area contributed by atoms with E-state index in [1.807, 2.05) is 25.1 Å². The van der Waals surface area contributed by atoms with E-state index in [1.54, 1.807) is 0 Å². The Kier molecular flexibility index (Phi) is 4.52. The Morgan fingerprint density at radius 1 is 1.47 bits per heavy atom. The van der Waals surface area contributed by atoms with Crippen LogP contribution >= 0.6 is 15.9 Å². The lowest BCUT2D eigenvalue weighted by molar-refractivity contribution is 0.0963. The average molecular weight is 269 g/mol. The van der Waals surface area contributed by atoms with E-state index in [2.05, 4.69) is 29.8 Å². The molecule has 0 bridgehead atoms. The maximum absolute atomic E-state index is 12.0. The summed E-state index contributed by atoms with van der Waals surface area (Å²) in [4.78, 5) is 12.0. The van der Waals surface area contributed by atoms with Crippen molar-refractivity contribution in [3.63, 3.8) is 0 Å². The summed E-state index contributed by atoms with van der Waals surface area (Å²) in [5.41, 5.74) is 1.93. The van der Waals surface area contributed by atoms with Gasteiger partial charge in [0.15, 0.2) is 5.78 Å². The van der Waals surface area contributed by atoms with Crippen LogP contribution in [-0.2, 0) is 0 Å². The number of aryl methyl sites for hydroxylation is 1. The molecule has 0 aliphatic carbocycles. The van der Waals surface area contributed by atoms with E-state index in [9.17, 15) is 4.79 Å². The molecule has 0 N–H and O–H groups in total. The fraction of sp³-hybridized carbons (Fsp3) is 0.462. The van der Waals surface area contributed by atoms with Gasteiger partial charge in [-0.2, -0.15) is 0 Å². The summed E-state index contributed by atoms with van der Waals surface area (Å²) in [5.74, 6) is 0.699. The molecule has 82 valence electrons. The lowest BCUT2D eigenvalue weighted by Crippen LogP contribution is -2.06. The Bertz CT molecular complexity index is 358. The number of carbonyl (C=O) groups excluding carboxylic acids is 1. The molecule has 15 heavy (non-hydrogen) atoms. The van der Waals surface area contributed by atoms with Crippen molar-refractivity contribution in [1.82, 2.24) is 0 Å². The Morgan fingerprint density at radius 2 is 2.13 bits per heavy atom. The van der Waals surface area contributed by atoms with E-state index >= 15 is 0 Å². The highest BCUT2D eigenvalue weighted by Crippen LogP contribution is 2.23. The first-order valence-electron chi connectivity index (χ1n) is 5.34. The van der Waals surface area contributed by atoms with Crippen molar-refractivity contribution >= 4 is 21.7 Å². The van der Waals surface area contributed by atoms with Gasteiger partial charge in [0.25, 0.3) is 0 Å². The number of ketones is 1. The fourth-order valence-corrected chi connectivity index (χ4v) is 1.92. The van der Waals surface area contributed by atoms with Gasteiger partial charge < -0.3 is 0 Å². The molecule has 1 unspecified atom stereocenters. The summed E-state index contributed by atoms with van der Waals surface area (Å²) in [7, 11) is 0. The number of carbonyl (C=O) groups is 1. The summed E-state index contributed by atoms with van der Waals surface area (Å²) in [5, 5.41) is 0. The SMILES string of the molecule is CCC(C)CC(=O)c1cccc(C)c1Br. The number of hydrogen-bond donors (Lipinski definition) is 0. The molecule has 2 heteroatoms. The van der Waals surface area contributed by atoms with Crippen LogP contribution in [0.15, 0.2) is 22.7 Å². The molecule has 0 aliphatic rings. The smallest absolute Gasteiger partial charge is 0.164 e. The minimum absolute atomic E-state index is 0.236. The number of Topliss-reactive ketones (excluding diaryl/α,β-unsaturated/α-hetero) is 1. The van der Waals surface area contributed by atoms with E-state index < -0.39 is 0 Å². The van der Waals surface area contributed by atoms with Gasteiger partial charge in [0.2, 0.25) is 0 Å². The zero-order chi connectivity index (χ0) is 11.4. The summed E-state index contributed by atoms with van der Waals surface area (Å²) < 4.78 is 0.943. The minimum atomic E-state index is 0.236. The van der Waals surface area contributed by atoms with Gasteiger partial charge in [0.1, 0.15) is 0 Å². The molecule has 0 saturated heterocycles. The molecular weight excluding hydrogens is 252 g/mol. The number of halogens is 1. The van der Waals surface area contributed by atoms with E-state index in [-0.39, 0.29) is 5.78 Å². The van der Waals surface area contributed by atoms with Gasteiger partial charge in [-0.3, -0.25) is 4.79 Å². The second-order valence-electron chi connectivity index (χ2n) is 4.08. The van der Waals surface area contributed by atoms with Crippen molar-refractivity contribution in [2.24, 2.45) is 5.92 Å². The maximum atomic E-state index is 12.0. The largest absolute Gasteiger partial charge is 0.294 e. The minimum Gasteiger partial charge on any atom is -0.294 e. The summed E-state index contributed by atoms with van der Waals surface area (Å²) in [6.07, 6.45) is 1.69. The Morgan fingerprint density at radius 3 is 2.73 bits per heavy atom. The lowest BCUT2D eigenvalue weighted by Gasteiger charge is -2.09. The standard InChI is InChI=1S/C13H17BrO/c1-4-9(2)8-12(15)11-7-5-6-10(3)13(11)14/h5-7,9H,4,8H2,1-3H3. The highest BCUT2D eigenvalue weighted by Gasteiger charge is 2.13. The molecule has 0 saturated carbocycles. The van der Waals surface area contributed by atoms with Gasteiger partial charge in [-0.25, -0.2) is 0 Å². The van der Waals surface area contributed by atoms with Gasteiger partial charge in [-0.15, -0.1) is 0 Å². The van der Waals surface area contributed by atoms with E-state index in [4.69, 9.17) is 0 Å². The quantitative estimate of drug-likeness (QED) is 0.741. The van der Waals surface area contributed by atoms with Crippen molar-refractivity contribution in [3.8, 4) is 0 Å². The average Bonchev–Trinajstić information content (AvgIpc) is 2.21. The molecule has 0 amide bonds. The molecule has 1 rings (SSSR count). The molecule has 1 nitrogen and oxygen atoms in total. The van der Waals surface area contributed by atoms with Crippen LogP contribution in [0.5, 0.6) is 0 Å². The van der Waals surface area contributed by atoms with Crippen LogP contribution < -0.4 is 0 Å². The molecular formula is C13H17BrO. The van der Waals surface area contributed by atoms with Crippen molar-refractivity contribution in [2.45, 2.75) is 33.6 Å². The van der Waals surface area contributed by atoms with Crippen LogP contribution in [0.25, 0.3) is 0 Å². The molecule has 0 fully saturated rings. The highest BCUT2D eigenvalue weighted by molar-refractivity contribution is 9.10. The van der Waals surface area contributed by atoms with Crippen LogP contribution in [0.3, 0.4) is 0 Å². The zero-order valence-corrected chi connectivity index (χ0v) is 11.1. The number of hydrogen-bond acceptors (Lipinski definition) is 1. The molecule has 0 radical (unpaired) electrons. The van der Waals surface area contributed by atoms with Crippen molar-refractivity contribution in [2.75, 3.05) is 0 Å². The molecule has 1 aromatic rings. The fourth-order valence-electron chi connectivity index (χ4n) is 1.43. The lowest BCUT2D eigenvalue weighted by atomic mass is 9.97. The highest BCUT2D eigenvalue weighted by atomic mass is 79.9. The third-order valence-corrected chi connectivity index (χ3v) is 3.78. The number of rotatable bonds is 4. The van der Waals surface area contributed by atoms with Crippen LogP contribution in [0, 0.1) is 12.8 Å². The maximum Gasteiger partial charge on any atom is 0.164 e. The van der Waals surface area contributed by atoms with E-state index in [0.717, 1.165) is 22.0 Å². The van der Waals surface area contributed by atoms with Crippen molar-refractivity contribution < 1.29 is 4.79 Å². The van der Waals surface area contributed by atoms with Crippen molar-refractivity contribution in [1.29, 1.82) is 0 Å². The monoisotopic (exact) mass is 268 g/mol. The molecule has 0 heterocycles. The molecule has 0 aromatic heterocycles. The third-order valence-electron chi connectivity index (χ3n) is 2.72. The first-order chi connectivity index (χ1) is 7.06. The second kappa shape index (κ2) is 5.45. The topological polar surface area (TPSA) is 17.1 Å². The first-order valence-corrected chi connectivity index (χ1v) is 6.13. The van der Waals surface area contributed by atoms with Gasteiger partial charge in [-0.05, 0) is 34.3 Å². The van der Waals surface area contributed by atoms with Crippen molar-refractivity contribution in [3.05, 3.63) is 33.8 Å². The van der Waals surface area contributed by atoms with E-state index in [1.165, 1.54) is 0 Å². The van der Waals surface area contributed by atoms with E-state index in [0.29, 0.717) is 12.3 Å². The van der Waals surface area contributed by atoms with Gasteiger partial charge in [0.05, 0.1) is 0 Å². The zero-order valence-electron chi connectivity index (χ0n) is 9.51. The molecule has 0 aliphatic heterocycles. The Labute approximate surface area is 100 Å². The van der Waals surface area contributed by atoms with Crippen LogP contribution in [0.4, 0.5) is 0 Å². The van der Waals surface area contributed by atoms with Crippen LogP contribution in [-0.4, -0.2) is 5.78 Å². The Hall–Kier alpha value is -0.630. The molecule has 1 aromatic carbocycles. The van der Waals surface area contributed by atoms with Gasteiger partial charge >= 0.3 is 0 Å². The summed E-state index contributed by atoms with van der Waals surface area (Å²) in [6.45, 7) is 6.23. The van der Waals surface area contributed by atoms with Gasteiger partial charge in [-0.1, -0.05) is 38.5 Å². The Balaban J connectivity index is 2.87. The van der Waals surface area contributed by atoms with Crippen LogP contribution in [0.1, 0.15) is 42.6 Å². The first kappa shape index (κ1) is 12.4. The normalized spacial score (nSPS) is 12.5. The molecule has 0 spiro atoms. The summed E-state index contributed by atoms with van der Waals surface area (Å²) in [6, 6.07) is 5.83. The predicted molar refractivity (Wildman–Crippen MR) is 67.3 cm³/mol. The predicted octanol–water partition coefficient (Wildman–Crippen LogP) is 4.38.